The van der Waals surface area contributed by atoms with Crippen molar-refractivity contribution in [3.05, 3.63) is 40.8 Å². The molecular formula is C11H8F3N. The molecule has 0 bridgehead atoms. The average Bonchev–Trinajstić information content (AvgIpc) is 2.13. The van der Waals surface area contributed by atoms with Gasteiger partial charge < -0.3 is 0 Å². The summed E-state index contributed by atoms with van der Waals surface area (Å²) in [6, 6.07) is 2.54. The average molecular weight is 211 g/mol. The molecule has 78 valence electrons. The summed E-state index contributed by atoms with van der Waals surface area (Å²) in [6.45, 7) is 3.35. The Morgan fingerprint density at radius 2 is 1.67 bits per heavy atom. The third-order valence-electron chi connectivity index (χ3n) is 2.26. The van der Waals surface area contributed by atoms with E-state index in [2.05, 4.69) is 4.98 Å². The summed E-state index contributed by atoms with van der Waals surface area (Å²) >= 11 is 0. The van der Waals surface area contributed by atoms with Gasteiger partial charge in [0.15, 0.2) is 17.5 Å². The van der Waals surface area contributed by atoms with E-state index < -0.39 is 17.5 Å². The highest BCUT2D eigenvalue weighted by Gasteiger charge is 2.15. The number of nitrogens with zero attached hydrogens (tertiary/aromatic N) is 1. The fourth-order valence-corrected chi connectivity index (χ4v) is 1.65. The molecule has 0 atom stereocenters. The largest absolute Gasteiger partial charge is 0.253 e. The fourth-order valence-electron chi connectivity index (χ4n) is 1.65. The zero-order valence-corrected chi connectivity index (χ0v) is 8.24. The maximum absolute atomic E-state index is 13.4. The molecule has 0 unspecified atom stereocenters. The number of halogens is 3. The minimum Gasteiger partial charge on any atom is -0.253 e. The van der Waals surface area contributed by atoms with E-state index in [-0.39, 0.29) is 10.9 Å². The van der Waals surface area contributed by atoms with Crippen LogP contribution < -0.4 is 0 Å². The van der Waals surface area contributed by atoms with Gasteiger partial charge in [0.2, 0.25) is 0 Å². The van der Waals surface area contributed by atoms with Crippen LogP contribution in [0.1, 0.15) is 11.3 Å². The van der Waals surface area contributed by atoms with Crippen molar-refractivity contribution in [2.24, 2.45) is 0 Å². The minimum atomic E-state index is -1.45. The molecule has 1 heterocycles. The Morgan fingerprint density at radius 1 is 1.00 bits per heavy atom. The molecule has 0 N–H and O–H groups in total. The highest BCUT2D eigenvalue weighted by atomic mass is 19.2. The first kappa shape index (κ1) is 9.96. The Morgan fingerprint density at radius 3 is 2.33 bits per heavy atom. The summed E-state index contributed by atoms with van der Waals surface area (Å²) in [6.07, 6.45) is 0. The standard InChI is InChI=1S/C11H8F3N/c1-5-3-6(2)15-8-4-7(12)10(13)11(14)9(5)8/h3-4H,1-2H3. The van der Waals surface area contributed by atoms with Gasteiger partial charge in [0.1, 0.15) is 0 Å². The molecule has 2 rings (SSSR count). The number of hydrogen-bond acceptors (Lipinski definition) is 1. The zero-order valence-electron chi connectivity index (χ0n) is 8.24. The Balaban J connectivity index is 2.99. The van der Waals surface area contributed by atoms with Gasteiger partial charge in [-0.1, -0.05) is 0 Å². The van der Waals surface area contributed by atoms with Crippen molar-refractivity contribution >= 4 is 10.9 Å². The second-order valence-corrected chi connectivity index (χ2v) is 3.46. The Bertz CT molecular complexity index is 549. The predicted octanol–water partition coefficient (Wildman–Crippen LogP) is 3.27. The van der Waals surface area contributed by atoms with Crippen molar-refractivity contribution in [1.82, 2.24) is 4.98 Å². The highest BCUT2D eigenvalue weighted by molar-refractivity contribution is 5.83. The topological polar surface area (TPSA) is 12.9 Å². The van der Waals surface area contributed by atoms with Gasteiger partial charge in [-0.25, -0.2) is 13.2 Å². The molecule has 2 aromatic rings. The van der Waals surface area contributed by atoms with Gasteiger partial charge in [0, 0.05) is 17.1 Å². The maximum atomic E-state index is 13.4. The monoisotopic (exact) mass is 211 g/mol. The summed E-state index contributed by atoms with van der Waals surface area (Å²) < 4.78 is 39.3. The quantitative estimate of drug-likeness (QED) is 0.609. The van der Waals surface area contributed by atoms with E-state index in [0.29, 0.717) is 11.3 Å². The normalized spacial score (nSPS) is 11.0. The number of hydrogen-bond donors (Lipinski definition) is 0. The molecule has 15 heavy (non-hydrogen) atoms. The van der Waals surface area contributed by atoms with Crippen LogP contribution in [0.5, 0.6) is 0 Å². The molecule has 4 heteroatoms. The van der Waals surface area contributed by atoms with Crippen LogP contribution in [0, 0.1) is 31.3 Å². The van der Waals surface area contributed by atoms with Crippen LogP contribution in [0.2, 0.25) is 0 Å². The van der Waals surface area contributed by atoms with Crippen LogP contribution in [0.4, 0.5) is 13.2 Å². The number of benzene rings is 1. The lowest BCUT2D eigenvalue weighted by Gasteiger charge is -2.05. The summed E-state index contributed by atoms with van der Waals surface area (Å²) in [4.78, 5) is 3.95. The SMILES string of the molecule is Cc1cc(C)c2c(F)c(F)c(F)cc2n1. The molecule has 1 aromatic heterocycles. The van der Waals surface area contributed by atoms with E-state index in [1.165, 1.54) is 0 Å². The molecule has 0 aliphatic carbocycles. The lowest BCUT2D eigenvalue weighted by atomic mass is 10.1. The third kappa shape index (κ3) is 1.46. The minimum absolute atomic E-state index is 0.0412. The lowest BCUT2D eigenvalue weighted by Crippen LogP contribution is -1.97. The molecular weight excluding hydrogens is 203 g/mol. The van der Waals surface area contributed by atoms with Crippen molar-refractivity contribution < 1.29 is 13.2 Å². The Hall–Kier alpha value is -1.58. The first-order chi connectivity index (χ1) is 7.00. The molecule has 0 saturated heterocycles. The van der Waals surface area contributed by atoms with Crippen molar-refractivity contribution in [3.63, 3.8) is 0 Å². The molecule has 0 fully saturated rings. The summed E-state index contributed by atoms with van der Waals surface area (Å²) in [7, 11) is 0. The molecule has 0 amide bonds. The van der Waals surface area contributed by atoms with Crippen LogP contribution in [0.3, 0.4) is 0 Å². The van der Waals surface area contributed by atoms with Crippen molar-refractivity contribution in [3.8, 4) is 0 Å². The third-order valence-corrected chi connectivity index (χ3v) is 2.26. The molecule has 0 aliphatic rings. The van der Waals surface area contributed by atoms with Crippen molar-refractivity contribution in [2.75, 3.05) is 0 Å². The summed E-state index contributed by atoms with van der Waals surface area (Å²) in [5.41, 5.74) is 1.34. The highest BCUT2D eigenvalue weighted by Crippen LogP contribution is 2.24. The number of pyridine rings is 1. The number of rotatable bonds is 0. The number of aryl methyl sites for hydroxylation is 2. The molecule has 1 aromatic carbocycles. The van der Waals surface area contributed by atoms with E-state index >= 15 is 0 Å². The van der Waals surface area contributed by atoms with E-state index in [9.17, 15) is 13.2 Å². The zero-order chi connectivity index (χ0) is 11.2. The van der Waals surface area contributed by atoms with Crippen LogP contribution in [-0.4, -0.2) is 4.98 Å². The molecule has 0 aliphatic heterocycles. The van der Waals surface area contributed by atoms with E-state index in [4.69, 9.17) is 0 Å². The van der Waals surface area contributed by atoms with E-state index in [1.54, 1.807) is 19.9 Å². The lowest BCUT2D eigenvalue weighted by molar-refractivity contribution is 0.453. The predicted molar refractivity (Wildman–Crippen MR) is 51.1 cm³/mol. The Labute approximate surface area is 84.6 Å². The van der Waals surface area contributed by atoms with Crippen LogP contribution in [0.15, 0.2) is 12.1 Å². The first-order valence-electron chi connectivity index (χ1n) is 4.42. The van der Waals surface area contributed by atoms with E-state index in [0.717, 1.165) is 6.07 Å². The summed E-state index contributed by atoms with van der Waals surface area (Å²) in [5, 5.41) is 0.0412. The summed E-state index contributed by atoms with van der Waals surface area (Å²) in [5.74, 6) is -3.83. The van der Waals surface area contributed by atoms with Crippen LogP contribution in [-0.2, 0) is 0 Å². The number of aromatic nitrogens is 1. The second kappa shape index (κ2) is 3.22. The van der Waals surface area contributed by atoms with Crippen LogP contribution in [0.25, 0.3) is 10.9 Å². The second-order valence-electron chi connectivity index (χ2n) is 3.46. The van der Waals surface area contributed by atoms with Gasteiger partial charge in [-0.3, -0.25) is 4.98 Å². The van der Waals surface area contributed by atoms with Crippen LogP contribution >= 0.6 is 0 Å². The van der Waals surface area contributed by atoms with Gasteiger partial charge in [-0.2, -0.15) is 0 Å². The fraction of sp³-hybridized carbons (Fsp3) is 0.182. The molecule has 0 spiro atoms. The first-order valence-corrected chi connectivity index (χ1v) is 4.42. The van der Waals surface area contributed by atoms with Gasteiger partial charge >= 0.3 is 0 Å². The molecule has 1 nitrogen and oxygen atoms in total. The maximum Gasteiger partial charge on any atom is 0.195 e. The van der Waals surface area contributed by atoms with E-state index in [1.807, 2.05) is 0 Å². The Kier molecular flexibility index (Phi) is 2.14. The molecule has 0 radical (unpaired) electrons. The smallest absolute Gasteiger partial charge is 0.195 e. The van der Waals surface area contributed by atoms with Gasteiger partial charge in [0.05, 0.1) is 5.52 Å². The number of fused-ring (bicyclic) bond motifs is 1. The van der Waals surface area contributed by atoms with Gasteiger partial charge in [-0.05, 0) is 25.5 Å². The van der Waals surface area contributed by atoms with Gasteiger partial charge in [-0.15, -0.1) is 0 Å². The van der Waals surface area contributed by atoms with Gasteiger partial charge in [0.25, 0.3) is 0 Å². The van der Waals surface area contributed by atoms with Crippen molar-refractivity contribution in [2.45, 2.75) is 13.8 Å². The molecule has 0 saturated carbocycles. The van der Waals surface area contributed by atoms with Crippen molar-refractivity contribution in [1.29, 1.82) is 0 Å².